The van der Waals surface area contributed by atoms with E-state index < -0.39 is 0 Å². The van der Waals surface area contributed by atoms with Gasteiger partial charge < -0.3 is 10.3 Å². The van der Waals surface area contributed by atoms with Gasteiger partial charge in [-0.05, 0) is 63.4 Å². The Morgan fingerprint density at radius 2 is 1.29 bits per heavy atom. The van der Waals surface area contributed by atoms with Crippen molar-refractivity contribution in [3.8, 4) is 16.8 Å². The van der Waals surface area contributed by atoms with Gasteiger partial charge in [-0.1, -0.05) is 123 Å². The van der Waals surface area contributed by atoms with Crippen LogP contribution in [0.25, 0.3) is 49.4 Å². The molecule has 2 N–H and O–H groups in total. The van der Waals surface area contributed by atoms with E-state index in [2.05, 4.69) is 140 Å². The number of hydrogen-bond donors (Lipinski definition) is 1. The van der Waals surface area contributed by atoms with Gasteiger partial charge in [0.05, 0.1) is 11.0 Å². The van der Waals surface area contributed by atoms with Gasteiger partial charge in [0.25, 0.3) is 0 Å². The number of aromatic nitrogens is 1. The maximum absolute atomic E-state index is 6.68. The van der Waals surface area contributed by atoms with Gasteiger partial charge in [0, 0.05) is 33.3 Å². The van der Waals surface area contributed by atoms with Crippen LogP contribution in [0.2, 0.25) is 0 Å². The molecule has 7 aromatic rings. The second-order valence-electron chi connectivity index (χ2n) is 11.9. The number of nitrogens with two attached hydrogens (primary N) is 1. The van der Waals surface area contributed by atoms with Crippen molar-refractivity contribution >= 4 is 32.6 Å². The molecule has 0 bridgehead atoms. The van der Waals surface area contributed by atoms with Crippen molar-refractivity contribution in [2.45, 2.75) is 31.7 Å². The van der Waals surface area contributed by atoms with Crippen molar-refractivity contribution in [2.75, 3.05) is 0 Å². The average Bonchev–Trinajstić information content (AvgIpc) is 3.48. The molecule has 8 rings (SSSR count). The molecule has 0 saturated heterocycles. The molecule has 1 aliphatic carbocycles. The minimum absolute atomic E-state index is 0.0487. The first-order valence-corrected chi connectivity index (χ1v) is 14.5. The summed E-state index contributed by atoms with van der Waals surface area (Å²) in [6.07, 6.45) is 0.821. The summed E-state index contributed by atoms with van der Waals surface area (Å²) in [6.45, 7) is 4.76. The Balaban J connectivity index is 1.41. The van der Waals surface area contributed by atoms with E-state index in [4.69, 9.17) is 5.73 Å². The lowest BCUT2D eigenvalue weighted by Crippen LogP contribution is -2.15. The number of hydrogen-bond acceptors (Lipinski definition) is 1. The molecule has 0 fully saturated rings. The highest BCUT2D eigenvalue weighted by Crippen LogP contribution is 2.56. The van der Waals surface area contributed by atoms with Crippen molar-refractivity contribution in [3.05, 3.63) is 150 Å². The van der Waals surface area contributed by atoms with Gasteiger partial charge in [0.15, 0.2) is 0 Å². The third-order valence-corrected chi connectivity index (χ3v) is 9.20. The molecule has 1 atom stereocenters. The standard InChI is InChI=1S/C39H32N2/c1-39(2)32-18-10-8-16-30(32)35-36-31-17-9-11-19-34(31)41(38(36)29-15-7-6-14-28(29)37(35)39)27-22-20-26(21-23-27)33(40)24-25-12-4-3-5-13-25/h3-23,33H,24,40H2,1-2H3/t33-/m0/s1. The Morgan fingerprint density at radius 1 is 0.659 bits per heavy atom. The van der Waals surface area contributed by atoms with Gasteiger partial charge in [0.1, 0.15) is 0 Å². The number of para-hydroxylation sites is 1. The summed E-state index contributed by atoms with van der Waals surface area (Å²) >= 11 is 0. The van der Waals surface area contributed by atoms with E-state index in [1.807, 2.05) is 6.07 Å². The topological polar surface area (TPSA) is 30.9 Å². The number of fused-ring (bicyclic) bond motifs is 10. The van der Waals surface area contributed by atoms with Crippen molar-refractivity contribution in [2.24, 2.45) is 5.73 Å². The highest BCUT2D eigenvalue weighted by molar-refractivity contribution is 6.26. The highest BCUT2D eigenvalue weighted by Gasteiger charge is 2.39. The number of nitrogens with zero attached hydrogens (tertiary/aromatic N) is 1. The van der Waals surface area contributed by atoms with Crippen molar-refractivity contribution < 1.29 is 0 Å². The predicted molar refractivity (Wildman–Crippen MR) is 173 cm³/mol. The molecule has 1 aliphatic rings. The molecule has 2 nitrogen and oxygen atoms in total. The van der Waals surface area contributed by atoms with Crippen molar-refractivity contribution in [1.82, 2.24) is 4.57 Å². The van der Waals surface area contributed by atoms with Crippen LogP contribution < -0.4 is 5.73 Å². The summed E-state index contributed by atoms with van der Waals surface area (Å²) in [5, 5.41) is 5.27. The molecular weight excluding hydrogens is 496 g/mol. The fourth-order valence-corrected chi connectivity index (χ4v) is 7.34. The Kier molecular flexibility index (Phi) is 5.26. The summed E-state index contributed by atoms with van der Waals surface area (Å²) < 4.78 is 2.47. The van der Waals surface area contributed by atoms with Crippen LogP contribution in [0.1, 0.15) is 42.1 Å². The largest absolute Gasteiger partial charge is 0.324 e. The average molecular weight is 529 g/mol. The minimum atomic E-state index is -0.0839. The first kappa shape index (κ1) is 24.2. The molecular formula is C39H32N2. The van der Waals surface area contributed by atoms with Gasteiger partial charge in [-0.3, -0.25) is 0 Å². The molecule has 6 aromatic carbocycles. The zero-order valence-corrected chi connectivity index (χ0v) is 23.4. The zero-order valence-electron chi connectivity index (χ0n) is 23.4. The maximum atomic E-state index is 6.68. The van der Waals surface area contributed by atoms with E-state index in [1.165, 1.54) is 60.4 Å². The monoisotopic (exact) mass is 528 g/mol. The first-order valence-electron chi connectivity index (χ1n) is 14.5. The Labute approximate surface area is 240 Å². The first-order chi connectivity index (χ1) is 20.0. The second kappa shape index (κ2) is 8.92. The third kappa shape index (κ3) is 3.47. The lowest BCUT2D eigenvalue weighted by molar-refractivity contribution is 0.666. The smallest absolute Gasteiger partial charge is 0.0625 e. The molecule has 1 aromatic heterocycles. The molecule has 2 heteroatoms. The van der Waals surface area contributed by atoms with E-state index in [1.54, 1.807) is 0 Å². The molecule has 41 heavy (non-hydrogen) atoms. The van der Waals surface area contributed by atoms with Gasteiger partial charge in [-0.15, -0.1) is 0 Å². The van der Waals surface area contributed by atoms with Crippen LogP contribution in [0.5, 0.6) is 0 Å². The molecule has 0 aliphatic heterocycles. The van der Waals surface area contributed by atoms with Gasteiger partial charge in [-0.25, -0.2) is 0 Å². The van der Waals surface area contributed by atoms with Crippen LogP contribution in [0.3, 0.4) is 0 Å². The van der Waals surface area contributed by atoms with E-state index in [9.17, 15) is 0 Å². The van der Waals surface area contributed by atoms with E-state index >= 15 is 0 Å². The summed E-state index contributed by atoms with van der Waals surface area (Å²) in [6, 6.07) is 46.2. The lowest BCUT2D eigenvalue weighted by atomic mass is 9.79. The normalized spacial score (nSPS) is 14.4. The fourth-order valence-electron chi connectivity index (χ4n) is 7.34. The summed E-state index contributed by atoms with van der Waals surface area (Å²) in [7, 11) is 0. The van der Waals surface area contributed by atoms with Crippen molar-refractivity contribution in [1.29, 1.82) is 0 Å². The van der Waals surface area contributed by atoms with E-state index in [0.29, 0.717) is 0 Å². The van der Waals surface area contributed by atoms with Crippen LogP contribution >= 0.6 is 0 Å². The zero-order chi connectivity index (χ0) is 27.7. The van der Waals surface area contributed by atoms with Gasteiger partial charge >= 0.3 is 0 Å². The van der Waals surface area contributed by atoms with E-state index in [-0.39, 0.29) is 11.5 Å². The summed E-state index contributed by atoms with van der Waals surface area (Å²) in [5.74, 6) is 0. The second-order valence-corrected chi connectivity index (χ2v) is 11.9. The quantitative estimate of drug-likeness (QED) is 0.242. The predicted octanol–water partition coefficient (Wildman–Crippen LogP) is 9.49. The fraction of sp³-hybridized carbons (Fsp3) is 0.128. The van der Waals surface area contributed by atoms with Crippen LogP contribution in [0, 0.1) is 0 Å². The molecule has 198 valence electrons. The van der Waals surface area contributed by atoms with Crippen LogP contribution in [-0.4, -0.2) is 4.57 Å². The molecule has 1 heterocycles. The SMILES string of the molecule is CC1(C)c2ccccc2-c2c1c1ccccc1c1c2c2ccccc2n1-c1ccc([C@@H](N)Cc2ccccc2)cc1. The minimum Gasteiger partial charge on any atom is -0.324 e. The number of rotatable bonds is 4. The van der Waals surface area contributed by atoms with Gasteiger partial charge in [-0.2, -0.15) is 0 Å². The highest BCUT2D eigenvalue weighted by atomic mass is 15.0. The van der Waals surface area contributed by atoms with Crippen LogP contribution in [0.4, 0.5) is 0 Å². The summed E-state index contributed by atoms with van der Waals surface area (Å²) in [5.41, 5.74) is 18.2. The molecule has 0 radical (unpaired) electrons. The Bertz CT molecular complexity index is 2100. The summed E-state index contributed by atoms with van der Waals surface area (Å²) in [4.78, 5) is 0. The molecule has 0 spiro atoms. The van der Waals surface area contributed by atoms with E-state index in [0.717, 1.165) is 17.7 Å². The Hall–Kier alpha value is -4.66. The third-order valence-electron chi connectivity index (χ3n) is 9.20. The van der Waals surface area contributed by atoms with Gasteiger partial charge in [0.2, 0.25) is 0 Å². The lowest BCUT2D eigenvalue weighted by Gasteiger charge is -2.24. The Morgan fingerprint density at radius 3 is 2.07 bits per heavy atom. The number of benzene rings is 6. The van der Waals surface area contributed by atoms with Crippen molar-refractivity contribution in [3.63, 3.8) is 0 Å². The molecule has 0 amide bonds. The molecule has 0 saturated carbocycles. The molecule has 0 unspecified atom stereocenters. The van der Waals surface area contributed by atoms with Crippen LogP contribution in [-0.2, 0) is 11.8 Å². The maximum Gasteiger partial charge on any atom is 0.0625 e. The van der Waals surface area contributed by atoms with Crippen LogP contribution in [0.15, 0.2) is 127 Å².